The Labute approximate surface area is 216 Å². The first-order valence-electron chi connectivity index (χ1n) is 12.0. The van der Waals surface area contributed by atoms with E-state index in [4.69, 9.17) is 9.72 Å². The maximum Gasteiger partial charge on any atom is 0.243 e. The van der Waals surface area contributed by atoms with Crippen LogP contribution in [0.5, 0.6) is 0 Å². The van der Waals surface area contributed by atoms with E-state index in [1.165, 1.54) is 9.87 Å². The molecule has 1 aliphatic heterocycles. The number of aromatic nitrogens is 2. The van der Waals surface area contributed by atoms with Gasteiger partial charge in [-0.2, -0.15) is 4.31 Å². The van der Waals surface area contributed by atoms with Crippen molar-refractivity contribution in [2.24, 2.45) is 0 Å². The molecule has 0 saturated carbocycles. The molecule has 1 fully saturated rings. The molecule has 1 atom stereocenters. The standard InChI is InChI=1S/C27H30N4O3S2/c1-19-16-25(26-18-35-27(29-26)28-20(2)22-8-5-4-6-9-22)21(3)31(19)23-10-7-11-24(17-23)36(32,33)30-12-14-34-15-13-30/h4-11,16-18,20H,12-15H2,1-3H3,(H,28,29)/t20-/m1/s1. The van der Waals surface area contributed by atoms with Gasteiger partial charge in [0.1, 0.15) is 0 Å². The summed E-state index contributed by atoms with van der Waals surface area (Å²) in [7, 11) is -3.57. The summed E-state index contributed by atoms with van der Waals surface area (Å²) in [5, 5.41) is 6.42. The van der Waals surface area contributed by atoms with Crippen LogP contribution < -0.4 is 5.32 Å². The van der Waals surface area contributed by atoms with Crippen LogP contribution in [0.4, 0.5) is 5.13 Å². The number of ether oxygens (including phenoxy) is 1. The highest BCUT2D eigenvalue weighted by Crippen LogP contribution is 2.33. The Balaban J connectivity index is 1.42. The van der Waals surface area contributed by atoms with Crippen molar-refractivity contribution < 1.29 is 13.2 Å². The minimum atomic E-state index is -3.57. The molecule has 0 spiro atoms. The Morgan fingerprint density at radius 2 is 1.78 bits per heavy atom. The SMILES string of the molecule is Cc1cc(-c2csc(N[C@H](C)c3ccccc3)n2)c(C)n1-c1cccc(S(=O)(=O)N2CCOCC2)c1. The zero-order valence-corrected chi connectivity index (χ0v) is 22.3. The van der Waals surface area contributed by atoms with Gasteiger partial charge in [-0.25, -0.2) is 13.4 Å². The van der Waals surface area contributed by atoms with E-state index in [9.17, 15) is 8.42 Å². The first-order valence-corrected chi connectivity index (χ1v) is 14.3. The summed E-state index contributed by atoms with van der Waals surface area (Å²) in [6.07, 6.45) is 0. The van der Waals surface area contributed by atoms with Gasteiger partial charge in [-0.05, 0) is 50.6 Å². The highest BCUT2D eigenvalue weighted by Gasteiger charge is 2.27. The summed E-state index contributed by atoms with van der Waals surface area (Å²) in [4.78, 5) is 5.15. The van der Waals surface area contributed by atoms with Gasteiger partial charge in [0.15, 0.2) is 5.13 Å². The molecular weight excluding hydrogens is 492 g/mol. The summed E-state index contributed by atoms with van der Waals surface area (Å²) < 4.78 is 35.3. The summed E-state index contributed by atoms with van der Waals surface area (Å²) in [6, 6.07) is 19.7. The minimum Gasteiger partial charge on any atom is -0.379 e. The van der Waals surface area contributed by atoms with E-state index in [0.29, 0.717) is 31.2 Å². The zero-order valence-electron chi connectivity index (χ0n) is 20.6. The second kappa shape index (κ2) is 10.2. The van der Waals surface area contributed by atoms with Crippen molar-refractivity contribution in [3.63, 3.8) is 0 Å². The van der Waals surface area contributed by atoms with Gasteiger partial charge in [-0.15, -0.1) is 11.3 Å². The van der Waals surface area contributed by atoms with E-state index in [0.717, 1.165) is 33.5 Å². The Bertz CT molecular complexity index is 1460. The predicted molar refractivity (Wildman–Crippen MR) is 144 cm³/mol. The van der Waals surface area contributed by atoms with Crippen molar-refractivity contribution in [2.45, 2.75) is 31.7 Å². The summed E-state index contributed by atoms with van der Waals surface area (Å²) in [5.41, 5.74) is 5.99. The van der Waals surface area contributed by atoms with Crippen LogP contribution in [0.2, 0.25) is 0 Å². The number of sulfonamides is 1. The molecule has 188 valence electrons. The van der Waals surface area contributed by atoms with Crippen LogP contribution in [0.1, 0.15) is 29.9 Å². The van der Waals surface area contributed by atoms with Gasteiger partial charge in [0.2, 0.25) is 10.0 Å². The number of nitrogens with one attached hydrogen (secondary N) is 1. The molecule has 36 heavy (non-hydrogen) atoms. The van der Waals surface area contributed by atoms with E-state index in [1.54, 1.807) is 29.5 Å². The van der Waals surface area contributed by atoms with Crippen molar-refractivity contribution in [1.82, 2.24) is 13.9 Å². The number of benzene rings is 2. The first-order chi connectivity index (χ1) is 17.3. The molecule has 1 aliphatic rings. The van der Waals surface area contributed by atoms with Crippen LogP contribution >= 0.6 is 11.3 Å². The fourth-order valence-electron chi connectivity index (χ4n) is 4.61. The Morgan fingerprint density at radius 3 is 2.53 bits per heavy atom. The molecule has 0 unspecified atom stereocenters. The van der Waals surface area contributed by atoms with Gasteiger partial charge < -0.3 is 14.6 Å². The van der Waals surface area contributed by atoms with Crippen molar-refractivity contribution in [3.8, 4) is 16.9 Å². The molecule has 1 N–H and O–H groups in total. The quantitative estimate of drug-likeness (QED) is 0.351. The average Bonchev–Trinajstić information content (AvgIpc) is 3.48. The third-order valence-electron chi connectivity index (χ3n) is 6.53. The molecule has 2 aromatic heterocycles. The monoisotopic (exact) mass is 522 g/mol. The predicted octanol–water partition coefficient (Wildman–Crippen LogP) is 5.41. The normalized spacial score (nSPS) is 15.6. The Morgan fingerprint density at radius 1 is 1.03 bits per heavy atom. The molecule has 0 aliphatic carbocycles. The lowest BCUT2D eigenvalue weighted by molar-refractivity contribution is 0.0730. The lowest BCUT2D eigenvalue weighted by Crippen LogP contribution is -2.40. The van der Waals surface area contributed by atoms with E-state index in [-0.39, 0.29) is 6.04 Å². The topological polar surface area (TPSA) is 76.5 Å². The van der Waals surface area contributed by atoms with Crippen LogP contribution in [0.25, 0.3) is 16.9 Å². The number of aryl methyl sites for hydroxylation is 1. The Kier molecular flexibility index (Phi) is 6.98. The number of anilines is 1. The third kappa shape index (κ3) is 4.84. The molecule has 1 saturated heterocycles. The van der Waals surface area contributed by atoms with Crippen LogP contribution in [0.3, 0.4) is 0 Å². The number of nitrogens with zero attached hydrogens (tertiary/aromatic N) is 3. The first kappa shape index (κ1) is 24.7. The lowest BCUT2D eigenvalue weighted by atomic mass is 10.1. The van der Waals surface area contributed by atoms with Crippen LogP contribution in [-0.4, -0.2) is 48.6 Å². The molecule has 4 aromatic rings. The van der Waals surface area contributed by atoms with Gasteiger partial charge in [0.05, 0.1) is 29.8 Å². The molecule has 9 heteroatoms. The van der Waals surface area contributed by atoms with Crippen LogP contribution in [-0.2, 0) is 14.8 Å². The van der Waals surface area contributed by atoms with Gasteiger partial charge in [0.25, 0.3) is 0 Å². The van der Waals surface area contributed by atoms with Gasteiger partial charge in [-0.3, -0.25) is 0 Å². The van der Waals surface area contributed by atoms with Gasteiger partial charge in [-0.1, -0.05) is 36.4 Å². The molecule has 2 aromatic carbocycles. The van der Waals surface area contributed by atoms with Crippen LogP contribution in [0.15, 0.2) is 70.9 Å². The van der Waals surface area contributed by atoms with Crippen molar-refractivity contribution >= 4 is 26.5 Å². The van der Waals surface area contributed by atoms with E-state index >= 15 is 0 Å². The largest absolute Gasteiger partial charge is 0.379 e. The second-order valence-corrected chi connectivity index (χ2v) is 11.7. The highest BCUT2D eigenvalue weighted by molar-refractivity contribution is 7.89. The lowest BCUT2D eigenvalue weighted by Gasteiger charge is -2.26. The third-order valence-corrected chi connectivity index (χ3v) is 9.20. The molecular formula is C27H30N4O3S2. The molecule has 5 rings (SSSR count). The molecule has 3 heterocycles. The number of rotatable bonds is 7. The van der Waals surface area contributed by atoms with Crippen molar-refractivity contribution in [3.05, 3.63) is 83.0 Å². The minimum absolute atomic E-state index is 0.147. The second-order valence-electron chi connectivity index (χ2n) is 8.95. The molecule has 0 bridgehead atoms. The maximum absolute atomic E-state index is 13.2. The fraction of sp³-hybridized carbons (Fsp3) is 0.296. The highest BCUT2D eigenvalue weighted by atomic mass is 32.2. The van der Waals surface area contributed by atoms with Crippen molar-refractivity contribution in [2.75, 3.05) is 31.6 Å². The smallest absolute Gasteiger partial charge is 0.243 e. The molecule has 0 amide bonds. The molecule has 0 radical (unpaired) electrons. The average molecular weight is 523 g/mol. The maximum atomic E-state index is 13.2. The van der Waals surface area contributed by atoms with E-state index in [1.807, 2.05) is 38.1 Å². The Hall–Kier alpha value is -2.98. The van der Waals surface area contributed by atoms with Gasteiger partial charge in [0, 0.05) is 41.1 Å². The zero-order chi connectivity index (χ0) is 25.3. The van der Waals surface area contributed by atoms with E-state index in [2.05, 4.69) is 40.4 Å². The van der Waals surface area contributed by atoms with Crippen LogP contribution in [0, 0.1) is 13.8 Å². The number of morpholine rings is 1. The summed E-state index contributed by atoms with van der Waals surface area (Å²) in [5.74, 6) is 0. The summed E-state index contributed by atoms with van der Waals surface area (Å²) >= 11 is 1.58. The fourth-order valence-corrected chi connectivity index (χ4v) is 6.86. The number of hydrogen-bond acceptors (Lipinski definition) is 6. The number of hydrogen-bond donors (Lipinski definition) is 1. The molecule has 7 nitrogen and oxygen atoms in total. The van der Waals surface area contributed by atoms with Crippen molar-refractivity contribution in [1.29, 1.82) is 0 Å². The summed E-state index contributed by atoms with van der Waals surface area (Å²) in [6.45, 7) is 7.80. The number of thiazole rings is 1. The van der Waals surface area contributed by atoms with Gasteiger partial charge >= 0.3 is 0 Å². The van der Waals surface area contributed by atoms with E-state index < -0.39 is 10.0 Å².